The molecule has 4 aromatic rings. The van der Waals surface area contributed by atoms with Gasteiger partial charge in [-0.25, -0.2) is 0 Å². The average Bonchev–Trinajstić information content (AvgIpc) is 3.27. The Morgan fingerprint density at radius 3 is 2.77 bits per heavy atom. The van der Waals surface area contributed by atoms with Gasteiger partial charge in [0.1, 0.15) is 5.65 Å². The van der Waals surface area contributed by atoms with Crippen molar-refractivity contribution >= 4 is 17.0 Å². The molecule has 0 radical (unpaired) electrons. The van der Waals surface area contributed by atoms with Gasteiger partial charge < -0.3 is 9.72 Å². The van der Waals surface area contributed by atoms with E-state index in [1.807, 2.05) is 32.0 Å². The van der Waals surface area contributed by atoms with Gasteiger partial charge in [-0.05, 0) is 36.4 Å². The summed E-state index contributed by atoms with van der Waals surface area (Å²) in [6.45, 7) is 4.31. The Bertz CT molecular complexity index is 1090. The molecular formula is C20H19N3O2S. The van der Waals surface area contributed by atoms with E-state index in [1.165, 1.54) is 16.1 Å². The highest BCUT2D eigenvalue weighted by Gasteiger charge is 2.13. The summed E-state index contributed by atoms with van der Waals surface area (Å²) in [5.41, 5.74) is 4.53. The lowest BCUT2D eigenvalue weighted by molar-refractivity contribution is 0.0636. The Labute approximate surface area is 154 Å². The fourth-order valence-corrected chi connectivity index (χ4v) is 3.74. The third-order valence-corrected chi connectivity index (χ3v) is 5.06. The molecule has 0 fully saturated rings. The number of ether oxygens (including phenoxy) is 1. The second-order valence-electron chi connectivity index (χ2n) is 6.38. The minimum Gasteiger partial charge on any atom is -0.373 e. The predicted octanol–water partition coefficient (Wildman–Crippen LogP) is 4.34. The number of rotatable bonds is 5. The van der Waals surface area contributed by atoms with E-state index in [0.29, 0.717) is 12.3 Å². The lowest BCUT2D eigenvalue weighted by Gasteiger charge is -2.08. The molecule has 1 aromatic carbocycles. The number of thiophene rings is 1. The largest absolute Gasteiger partial charge is 0.373 e. The van der Waals surface area contributed by atoms with Crippen molar-refractivity contribution in [2.24, 2.45) is 0 Å². The molecule has 5 nitrogen and oxygen atoms in total. The van der Waals surface area contributed by atoms with Gasteiger partial charge in [0.2, 0.25) is 0 Å². The highest BCUT2D eigenvalue weighted by molar-refractivity contribution is 7.14. The van der Waals surface area contributed by atoms with Crippen LogP contribution in [-0.4, -0.2) is 20.7 Å². The summed E-state index contributed by atoms with van der Waals surface area (Å²) in [7, 11) is 0. The van der Waals surface area contributed by atoms with Crippen molar-refractivity contribution in [1.82, 2.24) is 14.6 Å². The molecule has 1 N–H and O–H groups in total. The highest BCUT2D eigenvalue weighted by Crippen LogP contribution is 2.33. The van der Waals surface area contributed by atoms with Crippen molar-refractivity contribution in [2.75, 3.05) is 0 Å². The van der Waals surface area contributed by atoms with Crippen molar-refractivity contribution in [1.29, 1.82) is 0 Å². The van der Waals surface area contributed by atoms with E-state index in [0.717, 1.165) is 21.7 Å². The van der Waals surface area contributed by atoms with Crippen LogP contribution in [0.3, 0.4) is 0 Å². The first kappa shape index (κ1) is 16.8. The van der Waals surface area contributed by atoms with Gasteiger partial charge in [0.15, 0.2) is 0 Å². The Morgan fingerprint density at radius 1 is 1.19 bits per heavy atom. The fraction of sp³-hybridized carbons (Fsp3) is 0.200. The fourth-order valence-electron chi connectivity index (χ4n) is 2.81. The van der Waals surface area contributed by atoms with Crippen LogP contribution >= 0.6 is 11.3 Å². The minimum absolute atomic E-state index is 0.102. The topological polar surface area (TPSA) is 59.4 Å². The Hall–Kier alpha value is -2.70. The summed E-state index contributed by atoms with van der Waals surface area (Å²) < 4.78 is 7.02. The van der Waals surface area contributed by atoms with Crippen molar-refractivity contribution in [3.63, 3.8) is 0 Å². The lowest BCUT2D eigenvalue weighted by atomic mass is 10.1. The normalized spacial score (nSPS) is 11.5. The SMILES string of the molecule is CC(C)OCc1cc(=O)n2ncc(-c3cc(-c4ccccc4)cs3)c2[nH]1. The van der Waals surface area contributed by atoms with E-state index in [9.17, 15) is 4.79 Å². The molecule has 3 aromatic heterocycles. The molecule has 26 heavy (non-hydrogen) atoms. The van der Waals surface area contributed by atoms with Gasteiger partial charge in [-0.3, -0.25) is 4.79 Å². The van der Waals surface area contributed by atoms with Crippen LogP contribution in [0.4, 0.5) is 0 Å². The summed E-state index contributed by atoms with van der Waals surface area (Å²) in [6, 6.07) is 13.9. The molecule has 0 saturated carbocycles. The minimum atomic E-state index is -0.160. The molecule has 0 spiro atoms. The van der Waals surface area contributed by atoms with Gasteiger partial charge in [-0.1, -0.05) is 30.3 Å². The predicted molar refractivity (Wildman–Crippen MR) is 104 cm³/mol. The number of fused-ring (bicyclic) bond motifs is 1. The summed E-state index contributed by atoms with van der Waals surface area (Å²) in [6.07, 6.45) is 1.84. The summed E-state index contributed by atoms with van der Waals surface area (Å²) >= 11 is 1.64. The third kappa shape index (κ3) is 3.21. The van der Waals surface area contributed by atoms with E-state index in [2.05, 4.69) is 33.7 Å². The first-order valence-electron chi connectivity index (χ1n) is 8.47. The third-order valence-electron chi connectivity index (χ3n) is 4.10. The monoisotopic (exact) mass is 365 g/mol. The number of aromatic amines is 1. The van der Waals surface area contributed by atoms with E-state index in [4.69, 9.17) is 4.74 Å². The van der Waals surface area contributed by atoms with Gasteiger partial charge in [-0.2, -0.15) is 9.61 Å². The maximum atomic E-state index is 12.3. The smallest absolute Gasteiger partial charge is 0.274 e. The quantitative estimate of drug-likeness (QED) is 0.572. The summed E-state index contributed by atoms with van der Waals surface area (Å²) in [5, 5.41) is 6.37. The number of aromatic nitrogens is 3. The maximum absolute atomic E-state index is 12.3. The molecule has 0 saturated heterocycles. The van der Waals surface area contributed by atoms with Gasteiger partial charge in [-0.15, -0.1) is 11.3 Å². The van der Waals surface area contributed by atoms with Gasteiger partial charge >= 0.3 is 0 Å². The van der Waals surface area contributed by atoms with Gasteiger partial charge in [0.25, 0.3) is 5.56 Å². The molecule has 6 heteroatoms. The van der Waals surface area contributed by atoms with E-state index >= 15 is 0 Å². The van der Waals surface area contributed by atoms with Gasteiger partial charge in [0.05, 0.1) is 24.5 Å². The average molecular weight is 365 g/mol. The van der Waals surface area contributed by atoms with Crippen LogP contribution in [0.2, 0.25) is 0 Å². The second-order valence-corrected chi connectivity index (χ2v) is 7.29. The summed E-state index contributed by atoms with van der Waals surface area (Å²) in [5.74, 6) is 0. The Kier molecular flexibility index (Phi) is 4.44. The molecule has 0 amide bonds. The van der Waals surface area contributed by atoms with Crippen LogP contribution in [0.25, 0.3) is 27.2 Å². The van der Waals surface area contributed by atoms with Crippen molar-refractivity contribution in [2.45, 2.75) is 26.6 Å². The lowest BCUT2D eigenvalue weighted by Crippen LogP contribution is -2.16. The molecule has 0 aliphatic heterocycles. The van der Waals surface area contributed by atoms with Crippen LogP contribution in [-0.2, 0) is 11.3 Å². The summed E-state index contributed by atoms with van der Waals surface area (Å²) in [4.78, 5) is 16.7. The zero-order valence-corrected chi connectivity index (χ0v) is 15.4. The number of hydrogen-bond acceptors (Lipinski definition) is 4. The van der Waals surface area contributed by atoms with Crippen LogP contribution in [0.5, 0.6) is 0 Å². The zero-order chi connectivity index (χ0) is 18.1. The van der Waals surface area contributed by atoms with Gasteiger partial charge in [0, 0.05) is 16.6 Å². The Morgan fingerprint density at radius 2 is 2.00 bits per heavy atom. The molecule has 0 atom stereocenters. The van der Waals surface area contributed by atoms with E-state index in [-0.39, 0.29) is 11.7 Å². The van der Waals surface area contributed by atoms with Crippen molar-refractivity contribution < 1.29 is 4.74 Å². The molecule has 132 valence electrons. The molecule has 4 rings (SSSR count). The van der Waals surface area contributed by atoms with E-state index < -0.39 is 0 Å². The molecule has 3 heterocycles. The second kappa shape index (κ2) is 6.90. The molecule has 0 bridgehead atoms. The van der Waals surface area contributed by atoms with Crippen LogP contribution in [0.15, 0.2) is 58.8 Å². The standard InChI is InChI=1S/C20H19N3O2S/c1-13(2)25-11-16-9-19(24)23-20(22-16)17(10-21-23)18-8-15(12-26-18)14-6-4-3-5-7-14/h3-10,12-13,22H,11H2,1-2H3. The highest BCUT2D eigenvalue weighted by atomic mass is 32.1. The van der Waals surface area contributed by atoms with Crippen LogP contribution in [0.1, 0.15) is 19.5 Å². The molecule has 0 aliphatic rings. The van der Waals surface area contributed by atoms with Crippen molar-refractivity contribution in [3.8, 4) is 21.6 Å². The first-order valence-corrected chi connectivity index (χ1v) is 9.35. The molecule has 0 unspecified atom stereocenters. The number of hydrogen-bond donors (Lipinski definition) is 1. The van der Waals surface area contributed by atoms with Crippen LogP contribution in [0, 0.1) is 0 Å². The number of nitrogens with zero attached hydrogens (tertiary/aromatic N) is 2. The van der Waals surface area contributed by atoms with Crippen molar-refractivity contribution in [3.05, 3.63) is 70.1 Å². The first-order chi connectivity index (χ1) is 12.6. The number of nitrogens with one attached hydrogen (secondary N) is 1. The number of H-pyrrole nitrogens is 1. The molecule has 0 aliphatic carbocycles. The Balaban J connectivity index is 1.75. The van der Waals surface area contributed by atoms with E-state index in [1.54, 1.807) is 17.5 Å². The number of benzene rings is 1. The molecular weight excluding hydrogens is 346 g/mol. The zero-order valence-electron chi connectivity index (χ0n) is 14.6. The maximum Gasteiger partial charge on any atom is 0.274 e. The van der Waals surface area contributed by atoms with Crippen LogP contribution < -0.4 is 5.56 Å².